The number of nitrogens with one attached hydrogen (secondary N) is 1. The van der Waals surface area contributed by atoms with Crippen molar-refractivity contribution in [2.24, 2.45) is 0 Å². The highest BCUT2D eigenvalue weighted by atomic mass is 32.2. The number of thioether (sulfide) groups is 1. The molecule has 4 nitrogen and oxygen atoms in total. The first-order valence-electron chi connectivity index (χ1n) is 5.48. The summed E-state index contributed by atoms with van der Waals surface area (Å²) in [5.74, 6) is -0.0686. The van der Waals surface area contributed by atoms with Gasteiger partial charge in [0.1, 0.15) is 0 Å². The molecule has 0 spiro atoms. The van der Waals surface area contributed by atoms with E-state index in [1.807, 2.05) is 0 Å². The highest BCUT2D eigenvalue weighted by molar-refractivity contribution is 8.00. The summed E-state index contributed by atoms with van der Waals surface area (Å²) in [5, 5.41) is 13.4. The van der Waals surface area contributed by atoms with E-state index in [-0.39, 0.29) is 35.8 Å². The van der Waals surface area contributed by atoms with E-state index in [0.717, 1.165) is 5.56 Å². The van der Waals surface area contributed by atoms with Gasteiger partial charge in [0.2, 0.25) is 0 Å². The van der Waals surface area contributed by atoms with Gasteiger partial charge < -0.3 is 5.32 Å². The molecule has 0 bridgehead atoms. The van der Waals surface area contributed by atoms with Gasteiger partial charge in [-0.1, -0.05) is 12.1 Å². The number of rotatable bonds is 6. The minimum absolute atomic E-state index is 0.0106. The van der Waals surface area contributed by atoms with E-state index in [2.05, 4.69) is 5.32 Å². The van der Waals surface area contributed by atoms with Crippen LogP contribution in [0.2, 0.25) is 0 Å². The van der Waals surface area contributed by atoms with Gasteiger partial charge in [0.15, 0.2) is 0 Å². The molecular weight excluding hydrogens is 281 g/mol. The van der Waals surface area contributed by atoms with Crippen LogP contribution in [0.25, 0.3) is 0 Å². The summed E-state index contributed by atoms with van der Waals surface area (Å²) in [4.78, 5) is 9.97. The van der Waals surface area contributed by atoms with E-state index >= 15 is 0 Å². The molecule has 0 aliphatic heterocycles. The van der Waals surface area contributed by atoms with Crippen LogP contribution in [0.3, 0.4) is 0 Å². The minimum Gasteiger partial charge on any atom is -0.309 e. The maximum absolute atomic E-state index is 11.9. The van der Waals surface area contributed by atoms with Gasteiger partial charge in [-0.05, 0) is 24.2 Å². The smallest absolute Gasteiger partial charge is 0.309 e. The zero-order valence-corrected chi connectivity index (χ0v) is 10.9. The first-order chi connectivity index (χ1) is 8.79. The molecular formula is C11H13F3N2O2S. The van der Waals surface area contributed by atoms with Gasteiger partial charge in [0.05, 0.1) is 4.92 Å². The Bertz CT molecular complexity index is 423. The third-order valence-corrected chi connectivity index (χ3v) is 3.16. The third kappa shape index (κ3) is 5.93. The molecule has 1 unspecified atom stereocenters. The molecule has 8 heteroatoms. The van der Waals surface area contributed by atoms with E-state index in [1.54, 1.807) is 19.1 Å². The number of nitrogens with zero attached hydrogens (tertiary/aromatic N) is 1. The summed E-state index contributed by atoms with van der Waals surface area (Å²) in [5.41, 5.74) is -3.43. The van der Waals surface area contributed by atoms with E-state index in [9.17, 15) is 23.3 Å². The number of halogens is 3. The van der Waals surface area contributed by atoms with Crippen LogP contribution in [-0.2, 0) is 0 Å². The van der Waals surface area contributed by atoms with Crippen LogP contribution in [0, 0.1) is 10.1 Å². The van der Waals surface area contributed by atoms with Crippen LogP contribution in [0.5, 0.6) is 0 Å². The van der Waals surface area contributed by atoms with E-state index < -0.39 is 10.4 Å². The molecule has 0 radical (unpaired) electrons. The second kappa shape index (κ2) is 6.76. The Morgan fingerprint density at radius 1 is 1.37 bits per heavy atom. The summed E-state index contributed by atoms with van der Waals surface area (Å²) in [6, 6.07) is 5.77. The Balaban J connectivity index is 2.41. The summed E-state index contributed by atoms with van der Waals surface area (Å²) in [7, 11) is 0. The van der Waals surface area contributed by atoms with Crippen molar-refractivity contribution in [3.8, 4) is 0 Å². The van der Waals surface area contributed by atoms with E-state index in [4.69, 9.17) is 0 Å². The Kier molecular flexibility index (Phi) is 5.61. The molecule has 0 saturated carbocycles. The molecule has 1 rings (SSSR count). The summed E-state index contributed by atoms with van der Waals surface area (Å²) < 4.78 is 35.7. The predicted molar refractivity (Wildman–Crippen MR) is 68.0 cm³/mol. The average molecular weight is 294 g/mol. The molecule has 0 aromatic heterocycles. The lowest BCUT2D eigenvalue weighted by molar-refractivity contribution is -0.384. The minimum atomic E-state index is -4.21. The Hall–Kier alpha value is -1.28. The average Bonchev–Trinajstić information content (AvgIpc) is 2.33. The predicted octanol–water partition coefficient (Wildman–Crippen LogP) is 3.50. The molecule has 1 N–H and O–H groups in total. The SMILES string of the molecule is CC(NCCSC(F)(F)F)c1ccc([N+](=O)[O-])cc1. The fraction of sp³-hybridized carbons (Fsp3) is 0.455. The lowest BCUT2D eigenvalue weighted by Crippen LogP contribution is -2.22. The summed E-state index contributed by atoms with van der Waals surface area (Å²) in [6.07, 6.45) is 0. The molecule has 0 aliphatic rings. The second-order valence-corrected chi connectivity index (χ2v) is 4.98. The van der Waals surface area contributed by atoms with Gasteiger partial charge in [0.25, 0.3) is 5.69 Å². The number of non-ortho nitro benzene ring substituents is 1. The molecule has 1 aromatic carbocycles. The lowest BCUT2D eigenvalue weighted by atomic mass is 10.1. The Morgan fingerprint density at radius 2 is 1.95 bits per heavy atom. The summed E-state index contributed by atoms with van der Waals surface area (Å²) in [6.45, 7) is 2.00. The number of hydrogen-bond acceptors (Lipinski definition) is 4. The first kappa shape index (κ1) is 15.8. The molecule has 0 amide bonds. The van der Waals surface area contributed by atoms with Gasteiger partial charge >= 0.3 is 5.51 Å². The number of benzene rings is 1. The van der Waals surface area contributed by atoms with Crippen molar-refractivity contribution in [2.75, 3.05) is 12.3 Å². The number of nitro groups is 1. The van der Waals surface area contributed by atoms with Crippen LogP contribution in [0.4, 0.5) is 18.9 Å². The van der Waals surface area contributed by atoms with Gasteiger partial charge in [-0.25, -0.2) is 0 Å². The van der Waals surface area contributed by atoms with Gasteiger partial charge in [-0.3, -0.25) is 10.1 Å². The quantitative estimate of drug-likeness (QED) is 0.495. The standard InChI is InChI=1S/C11H13F3N2O2S/c1-8(15-6-7-19-11(12,13)14)9-2-4-10(5-3-9)16(17)18/h2-5,8,15H,6-7H2,1H3. The van der Waals surface area contributed by atoms with Crippen molar-refractivity contribution in [3.63, 3.8) is 0 Å². The topological polar surface area (TPSA) is 55.2 Å². The fourth-order valence-corrected chi connectivity index (χ4v) is 1.90. The number of nitro benzene ring substituents is 1. The largest absolute Gasteiger partial charge is 0.441 e. The zero-order valence-electron chi connectivity index (χ0n) is 10.1. The van der Waals surface area contributed by atoms with Crippen LogP contribution >= 0.6 is 11.8 Å². The Labute approximate surface area is 112 Å². The first-order valence-corrected chi connectivity index (χ1v) is 6.46. The van der Waals surface area contributed by atoms with Crippen LogP contribution < -0.4 is 5.32 Å². The highest BCUT2D eigenvalue weighted by Crippen LogP contribution is 2.29. The monoisotopic (exact) mass is 294 g/mol. The van der Waals surface area contributed by atoms with E-state index in [0.29, 0.717) is 0 Å². The lowest BCUT2D eigenvalue weighted by Gasteiger charge is -2.14. The van der Waals surface area contributed by atoms with Gasteiger partial charge in [0, 0.05) is 30.5 Å². The van der Waals surface area contributed by atoms with Crippen LogP contribution in [-0.4, -0.2) is 22.7 Å². The van der Waals surface area contributed by atoms with E-state index in [1.165, 1.54) is 12.1 Å². The molecule has 1 aromatic rings. The van der Waals surface area contributed by atoms with Crippen molar-refractivity contribution in [3.05, 3.63) is 39.9 Å². The molecule has 0 saturated heterocycles. The normalized spacial score (nSPS) is 13.3. The zero-order chi connectivity index (χ0) is 14.5. The van der Waals surface area contributed by atoms with Crippen molar-refractivity contribution in [1.29, 1.82) is 0 Å². The Morgan fingerprint density at radius 3 is 2.42 bits per heavy atom. The molecule has 0 heterocycles. The highest BCUT2D eigenvalue weighted by Gasteiger charge is 2.27. The maximum atomic E-state index is 11.9. The third-order valence-electron chi connectivity index (χ3n) is 2.42. The number of hydrogen-bond donors (Lipinski definition) is 1. The van der Waals surface area contributed by atoms with Crippen molar-refractivity contribution in [1.82, 2.24) is 5.32 Å². The second-order valence-electron chi connectivity index (χ2n) is 3.82. The number of alkyl halides is 3. The maximum Gasteiger partial charge on any atom is 0.441 e. The van der Waals surface area contributed by atoms with Crippen molar-refractivity contribution >= 4 is 17.4 Å². The molecule has 106 valence electrons. The molecule has 1 atom stereocenters. The van der Waals surface area contributed by atoms with Crippen LogP contribution in [0.15, 0.2) is 24.3 Å². The molecule has 0 fully saturated rings. The fourth-order valence-electron chi connectivity index (χ4n) is 1.44. The van der Waals surface area contributed by atoms with Crippen LogP contribution in [0.1, 0.15) is 18.5 Å². The molecule has 19 heavy (non-hydrogen) atoms. The molecule has 0 aliphatic carbocycles. The van der Waals surface area contributed by atoms with Crippen molar-refractivity contribution < 1.29 is 18.1 Å². The van der Waals surface area contributed by atoms with Gasteiger partial charge in [-0.2, -0.15) is 13.2 Å². The van der Waals surface area contributed by atoms with Crippen molar-refractivity contribution in [2.45, 2.75) is 18.5 Å². The summed E-state index contributed by atoms with van der Waals surface area (Å²) >= 11 is -0.0747. The van der Waals surface area contributed by atoms with Gasteiger partial charge in [-0.15, -0.1) is 0 Å².